The van der Waals surface area contributed by atoms with Gasteiger partial charge in [0.1, 0.15) is 0 Å². The molecular formula is C27H34N2O3. The highest BCUT2D eigenvalue weighted by atomic mass is 16.7. The van der Waals surface area contributed by atoms with Gasteiger partial charge in [-0.15, -0.1) is 0 Å². The molecule has 2 aromatic rings. The second-order valence-electron chi connectivity index (χ2n) is 9.39. The third-order valence-electron chi connectivity index (χ3n) is 7.38. The molecule has 0 N–H and O–H groups in total. The normalized spacial score (nSPS) is 19.8. The molecule has 1 saturated carbocycles. The molecular weight excluding hydrogens is 400 g/mol. The fourth-order valence-electron chi connectivity index (χ4n) is 5.44. The molecule has 2 aliphatic heterocycles. The Hall–Kier alpha value is -2.53. The van der Waals surface area contributed by atoms with E-state index >= 15 is 0 Å². The summed E-state index contributed by atoms with van der Waals surface area (Å²) < 4.78 is 11.0. The summed E-state index contributed by atoms with van der Waals surface area (Å²) in [6, 6.07) is 16.6. The Labute approximate surface area is 191 Å². The van der Waals surface area contributed by atoms with Crippen LogP contribution in [-0.2, 0) is 4.79 Å². The van der Waals surface area contributed by atoms with Crippen LogP contribution in [-0.4, -0.2) is 43.8 Å². The lowest BCUT2D eigenvalue weighted by molar-refractivity contribution is -0.123. The number of carbonyl (C=O) groups excluding carboxylic acids is 1. The SMILES string of the molecule is O=C(C1CCCCC1)N(CCN1CCC(c2ccc3c(c2)OCO3)CC1)c1ccccc1. The number of para-hydroxylation sites is 1. The fraction of sp³-hybridized carbons (Fsp3) is 0.519. The van der Waals surface area contributed by atoms with Crippen LogP contribution in [0.2, 0.25) is 0 Å². The molecule has 170 valence electrons. The van der Waals surface area contributed by atoms with Gasteiger partial charge in [0.2, 0.25) is 12.7 Å². The van der Waals surface area contributed by atoms with Crippen molar-refractivity contribution in [2.45, 2.75) is 50.9 Å². The largest absolute Gasteiger partial charge is 0.454 e. The average Bonchev–Trinajstić information content (AvgIpc) is 3.34. The van der Waals surface area contributed by atoms with Crippen molar-refractivity contribution in [2.75, 3.05) is 37.9 Å². The average molecular weight is 435 g/mol. The Morgan fingerprint density at radius 2 is 1.66 bits per heavy atom. The van der Waals surface area contributed by atoms with Crippen LogP contribution in [0.5, 0.6) is 11.5 Å². The highest BCUT2D eigenvalue weighted by molar-refractivity contribution is 5.95. The van der Waals surface area contributed by atoms with Gasteiger partial charge in [-0.2, -0.15) is 0 Å². The second kappa shape index (κ2) is 9.95. The molecule has 2 fully saturated rings. The van der Waals surface area contributed by atoms with Crippen molar-refractivity contribution < 1.29 is 14.3 Å². The molecule has 5 heteroatoms. The molecule has 0 bridgehead atoms. The quantitative estimate of drug-likeness (QED) is 0.626. The molecule has 0 aromatic heterocycles. The number of hydrogen-bond donors (Lipinski definition) is 0. The number of benzene rings is 2. The minimum atomic E-state index is 0.195. The van der Waals surface area contributed by atoms with Crippen LogP contribution in [0.15, 0.2) is 48.5 Å². The number of nitrogens with zero attached hydrogens (tertiary/aromatic N) is 2. The highest BCUT2D eigenvalue weighted by Gasteiger charge is 2.28. The molecule has 0 radical (unpaired) electrons. The van der Waals surface area contributed by atoms with Crippen LogP contribution in [0.1, 0.15) is 56.4 Å². The molecule has 5 nitrogen and oxygen atoms in total. The molecule has 2 aromatic carbocycles. The van der Waals surface area contributed by atoms with E-state index in [1.165, 1.54) is 24.8 Å². The molecule has 1 saturated heterocycles. The first-order chi connectivity index (χ1) is 15.8. The number of piperidine rings is 1. The zero-order chi connectivity index (χ0) is 21.8. The van der Waals surface area contributed by atoms with Crippen LogP contribution in [0.25, 0.3) is 0 Å². The number of hydrogen-bond acceptors (Lipinski definition) is 4. The number of ether oxygens (including phenoxy) is 2. The summed E-state index contributed by atoms with van der Waals surface area (Å²) in [6.45, 7) is 4.17. The van der Waals surface area contributed by atoms with Gasteiger partial charge >= 0.3 is 0 Å². The summed E-state index contributed by atoms with van der Waals surface area (Å²) in [7, 11) is 0. The number of amides is 1. The van der Waals surface area contributed by atoms with Gasteiger partial charge in [-0.25, -0.2) is 0 Å². The van der Waals surface area contributed by atoms with Gasteiger partial charge in [0.25, 0.3) is 0 Å². The van der Waals surface area contributed by atoms with Crippen LogP contribution in [0, 0.1) is 5.92 Å². The Bertz CT molecular complexity index is 902. The molecule has 0 unspecified atom stereocenters. The topological polar surface area (TPSA) is 42.0 Å². The van der Waals surface area contributed by atoms with Gasteiger partial charge in [0, 0.05) is 24.7 Å². The molecule has 0 spiro atoms. The molecule has 5 rings (SSSR count). The molecule has 1 amide bonds. The minimum absolute atomic E-state index is 0.195. The fourth-order valence-corrected chi connectivity index (χ4v) is 5.44. The van der Waals surface area contributed by atoms with E-state index in [0.717, 1.165) is 69.0 Å². The lowest BCUT2D eigenvalue weighted by Gasteiger charge is -2.35. The zero-order valence-electron chi connectivity index (χ0n) is 18.9. The van der Waals surface area contributed by atoms with E-state index in [1.807, 2.05) is 24.3 Å². The molecule has 2 heterocycles. The Balaban J connectivity index is 1.18. The van der Waals surface area contributed by atoms with Crippen molar-refractivity contribution in [3.63, 3.8) is 0 Å². The zero-order valence-corrected chi connectivity index (χ0v) is 18.9. The van der Waals surface area contributed by atoms with Gasteiger partial charge in [-0.1, -0.05) is 43.5 Å². The van der Waals surface area contributed by atoms with Crippen molar-refractivity contribution in [1.82, 2.24) is 4.90 Å². The number of rotatable bonds is 6. The van der Waals surface area contributed by atoms with Gasteiger partial charge in [0.05, 0.1) is 0 Å². The van der Waals surface area contributed by atoms with E-state index in [9.17, 15) is 4.79 Å². The van der Waals surface area contributed by atoms with Gasteiger partial charge < -0.3 is 19.3 Å². The van der Waals surface area contributed by atoms with Crippen molar-refractivity contribution in [3.05, 3.63) is 54.1 Å². The van der Waals surface area contributed by atoms with Crippen LogP contribution in [0.4, 0.5) is 5.69 Å². The van der Waals surface area contributed by atoms with E-state index in [2.05, 4.69) is 34.1 Å². The van der Waals surface area contributed by atoms with Crippen molar-refractivity contribution >= 4 is 11.6 Å². The summed E-state index contributed by atoms with van der Waals surface area (Å²) >= 11 is 0. The maximum Gasteiger partial charge on any atom is 0.231 e. The third-order valence-corrected chi connectivity index (χ3v) is 7.38. The number of carbonyl (C=O) groups is 1. The second-order valence-corrected chi connectivity index (χ2v) is 9.39. The molecule has 1 aliphatic carbocycles. The number of fused-ring (bicyclic) bond motifs is 1. The van der Waals surface area contributed by atoms with Gasteiger partial charge in [-0.05, 0) is 74.5 Å². The van der Waals surface area contributed by atoms with E-state index in [4.69, 9.17) is 9.47 Å². The summed E-state index contributed by atoms with van der Waals surface area (Å²) in [6.07, 6.45) is 8.02. The first-order valence-electron chi connectivity index (χ1n) is 12.3. The van der Waals surface area contributed by atoms with Crippen LogP contribution >= 0.6 is 0 Å². The van der Waals surface area contributed by atoms with E-state index in [-0.39, 0.29) is 5.92 Å². The lowest BCUT2D eigenvalue weighted by Crippen LogP contribution is -2.44. The van der Waals surface area contributed by atoms with Gasteiger partial charge in [0.15, 0.2) is 11.5 Å². The Kier molecular flexibility index (Phi) is 6.63. The van der Waals surface area contributed by atoms with Crippen molar-refractivity contribution in [1.29, 1.82) is 0 Å². The predicted octanol–water partition coefficient (Wildman–Crippen LogP) is 5.21. The highest BCUT2D eigenvalue weighted by Crippen LogP contribution is 2.37. The minimum Gasteiger partial charge on any atom is -0.454 e. The van der Waals surface area contributed by atoms with Crippen molar-refractivity contribution in [3.8, 4) is 11.5 Å². The van der Waals surface area contributed by atoms with Crippen LogP contribution in [0.3, 0.4) is 0 Å². The number of likely N-dealkylation sites (tertiary alicyclic amines) is 1. The predicted molar refractivity (Wildman–Crippen MR) is 126 cm³/mol. The maximum absolute atomic E-state index is 13.4. The van der Waals surface area contributed by atoms with E-state index in [0.29, 0.717) is 18.6 Å². The first-order valence-corrected chi connectivity index (χ1v) is 12.3. The first kappa shape index (κ1) is 21.3. The van der Waals surface area contributed by atoms with Crippen LogP contribution < -0.4 is 14.4 Å². The molecule has 32 heavy (non-hydrogen) atoms. The van der Waals surface area contributed by atoms with E-state index < -0.39 is 0 Å². The summed E-state index contributed by atoms with van der Waals surface area (Å²) in [4.78, 5) is 18.0. The molecule has 3 aliphatic rings. The standard InChI is InChI=1S/C27H34N2O3/c30-27(22-7-3-1-4-8-22)29(24-9-5-2-6-10-24)18-17-28-15-13-21(14-16-28)23-11-12-25-26(19-23)32-20-31-25/h2,5-6,9-12,19,21-22H,1,3-4,7-8,13-18,20H2. The summed E-state index contributed by atoms with van der Waals surface area (Å²) in [5, 5.41) is 0. The Morgan fingerprint density at radius 1 is 0.906 bits per heavy atom. The molecule has 0 atom stereocenters. The monoisotopic (exact) mass is 434 g/mol. The summed E-state index contributed by atoms with van der Waals surface area (Å²) in [5.74, 6) is 2.82. The number of anilines is 1. The maximum atomic E-state index is 13.4. The van der Waals surface area contributed by atoms with Gasteiger partial charge in [-0.3, -0.25) is 4.79 Å². The smallest absolute Gasteiger partial charge is 0.231 e. The lowest BCUT2D eigenvalue weighted by atomic mass is 9.88. The third kappa shape index (κ3) is 4.78. The summed E-state index contributed by atoms with van der Waals surface area (Å²) in [5.41, 5.74) is 2.39. The van der Waals surface area contributed by atoms with E-state index in [1.54, 1.807) is 0 Å². The Morgan fingerprint density at radius 3 is 2.44 bits per heavy atom. The van der Waals surface area contributed by atoms with Crippen molar-refractivity contribution in [2.24, 2.45) is 5.92 Å².